The second-order valence-corrected chi connectivity index (χ2v) is 5.29. The van der Waals surface area contributed by atoms with Crippen LogP contribution in [0.4, 0.5) is 5.69 Å². The average Bonchev–Trinajstić information content (AvgIpc) is 2.42. The van der Waals surface area contributed by atoms with E-state index in [0.29, 0.717) is 0 Å². The monoisotopic (exact) mass is 269 g/mol. The molecular weight excluding hydrogens is 246 g/mol. The van der Waals surface area contributed by atoms with Gasteiger partial charge in [-0.05, 0) is 55.9 Å². The molecule has 0 saturated heterocycles. The molecule has 20 heavy (non-hydrogen) atoms. The minimum Gasteiger partial charge on any atom is -0.491 e. The lowest BCUT2D eigenvalue weighted by atomic mass is 10.1. The smallest absolute Gasteiger partial charge is 0.145 e. The number of aryl methyl sites for hydroxylation is 3. The van der Waals surface area contributed by atoms with Crippen molar-refractivity contribution in [2.45, 2.75) is 33.1 Å². The minimum atomic E-state index is 0.723. The van der Waals surface area contributed by atoms with Crippen LogP contribution in [0.5, 0.6) is 5.75 Å². The highest BCUT2D eigenvalue weighted by Gasteiger charge is 2.05. The van der Waals surface area contributed by atoms with Gasteiger partial charge in [0.1, 0.15) is 5.75 Å². The Hall–Kier alpha value is -1.96. The molecule has 0 fully saturated rings. The average molecular weight is 269 g/mol. The van der Waals surface area contributed by atoms with E-state index in [9.17, 15) is 0 Å². The number of nitrogens with two attached hydrogens (primary N) is 1. The zero-order valence-electron chi connectivity index (χ0n) is 12.4. The third-order valence-corrected chi connectivity index (χ3v) is 3.40. The van der Waals surface area contributed by atoms with Crippen LogP contribution in [-0.2, 0) is 6.42 Å². The Kier molecular flexibility index (Phi) is 5.05. The van der Waals surface area contributed by atoms with Crippen LogP contribution < -0.4 is 10.5 Å². The van der Waals surface area contributed by atoms with E-state index in [4.69, 9.17) is 10.5 Å². The first-order valence-electron chi connectivity index (χ1n) is 7.20. The summed E-state index contributed by atoms with van der Waals surface area (Å²) in [6, 6.07) is 14.6. The lowest BCUT2D eigenvalue weighted by Gasteiger charge is -2.12. The maximum Gasteiger partial charge on any atom is 0.145 e. The predicted octanol–water partition coefficient (Wildman–Crippen LogP) is 4.29. The van der Waals surface area contributed by atoms with Gasteiger partial charge in [-0.15, -0.1) is 0 Å². The van der Waals surface area contributed by atoms with Gasteiger partial charge in [-0.2, -0.15) is 0 Å². The van der Waals surface area contributed by atoms with Gasteiger partial charge in [0.2, 0.25) is 0 Å². The summed E-state index contributed by atoms with van der Waals surface area (Å²) in [6.45, 7) is 4.82. The van der Waals surface area contributed by atoms with Gasteiger partial charge in [-0.1, -0.05) is 36.4 Å². The zero-order chi connectivity index (χ0) is 14.4. The molecule has 0 spiro atoms. The van der Waals surface area contributed by atoms with Crippen molar-refractivity contribution in [2.24, 2.45) is 0 Å². The molecule has 0 radical (unpaired) electrons. The van der Waals surface area contributed by atoms with Crippen LogP contribution in [0.1, 0.15) is 29.5 Å². The van der Waals surface area contributed by atoms with Crippen molar-refractivity contribution in [3.8, 4) is 5.75 Å². The summed E-state index contributed by atoms with van der Waals surface area (Å²) in [5, 5.41) is 0. The Morgan fingerprint density at radius 1 is 1.00 bits per heavy atom. The van der Waals surface area contributed by atoms with Crippen LogP contribution in [0, 0.1) is 13.8 Å². The van der Waals surface area contributed by atoms with Gasteiger partial charge in [0.25, 0.3) is 0 Å². The van der Waals surface area contributed by atoms with E-state index in [0.717, 1.165) is 42.9 Å². The Bertz CT molecular complexity index is 526. The molecule has 106 valence electrons. The summed E-state index contributed by atoms with van der Waals surface area (Å²) >= 11 is 0. The van der Waals surface area contributed by atoms with E-state index < -0.39 is 0 Å². The number of ether oxygens (including phenoxy) is 1. The number of rotatable bonds is 6. The fraction of sp³-hybridized carbons (Fsp3) is 0.333. The molecule has 0 amide bonds. The maximum atomic E-state index is 6.00. The molecule has 0 aliphatic heterocycles. The van der Waals surface area contributed by atoms with Crippen LogP contribution in [0.25, 0.3) is 0 Å². The summed E-state index contributed by atoms with van der Waals surface area (Å²) in [6.07, 6.45) is 3.28. The standard InChI is InChI=1S/C18H23NO/c1-14-12-15(2)18(17(19)13-14)20-11-7-6-10-16-8-4-3-5-9-16/h3-5,8-9,12-13H,6-7,10-11,19H2,1-2H3. The molecule has 0 heterocycles. The minimum absolute atomic E-state index is 0.723. The number of anilines is 1. The normalized spacial score (nSPS) is 10.5. The Morgan fingerprint density at radius 3 is 2.45 bits per heavy atom. The molecule has 2 aromatic rings. The molecule has 2 heteroatoms. The summed E-state index contributed by atoms with van der Waals surface area (Å²) in [5.74, 6) is 0.843. The summed E-state index contributed by atoms with van der Waals surface area (Å²) in [5.41, 5.74) is 10.4. The van der Waals surface area contributed by atoms with Gasteiger partial charge < -0.3 is 10.5 Å². The third-order valence-electron chi connectivity index (χ3n) is 3.40. The van der Waals surface area contributed by atoms with Crippen molar-refractivity contribution in [3.05, 3.63) is 59.2 Å². The van der Waals surface area contributed by atoms with E-state index in [2.05, 4.69) is 36.4 Å². The summed E-state index contributed by atoms with van der Waals surface area (Å²) < 4.78 is 5.84. The van der Waals surface area contributed by atoms with Gasteiger partial charge in [0.15, 0.2) is 0 Å². The number of unbranched alkanes of at least 4 members (excludes halogenated alkanes) is 1. The van der Waals surface area contributed by atoms with Gasteiger partial charge in [0.05, 0.1) is 12.3 Å². The first-order valence-corrected chi connectivity index (χ1v) is 7.20. The topological polar surface area (TPSA) is 35.2 Å². The number of nitrogen functional groups attached to an aromatic ring is 1. The SMILES string of the molecule is Cc1cc(C)c(OCCCCc2ccccc2)c(N)c1. The highest BCUT2D eigenvalue weighted by molar-refractivity contribution is 5.58. The molecule has 0 atom stereocenters. The molecular formula is C18H23NO. The Morgan fingerprint density at radius 2 is 1.75 bits per heavy atom. The number of hydrogen-bond donors (Lipinski definition) is 1. The molecule has 0 aromatic heterocycles. The van der Waals surface area contributed by atoms with Crippen LogP contribution in [-0.4, -0.2) is 6.61 Å². The molecule has 0 saturated carbocycles. The molecule has 0 aliphatic carbocycles. The van der Waals surface area contributed by atoms with Gasteiger partial charge >= 0.3 is 0 Å². The van der Waals surface area contributed by atoms with Crippen LogP contribution in [0.2, 0.25) is 0 Å². The van der Waals surface area contributed by atoms with Crippen molar-refractivity contribution in [3.63, 3.8) is 0 Å². The quantitative estimate of drug-likeness (QED) is 0.627. The fourth-order valence-corrected chi connectivity index (χ4v) is 2.43. The lowest BCUT2D eigenvalue weighted by Crippen LogP contribution is -2.03. The summed E-state index contributed by atoms with van der Waals surface area (Å²) in [4.78, 5) is 0. The second-order valence-electron chi connectivity index (χ2n) is 5.29. The number of benzene rings is 2. The molecule has 0 bridgehead atoms. The largest absolute Gasteiger partial charge is 0.491 e. The Labute approximate surface area is 121 Å². The second kappa shape index (κ2) is 6.99. The van der Waals surface area contributed by atoms with E-state index in [1.54, 1.807) is 0 Å². The van der Waals surface area contributed by atoms with E-state index in [1.165, 1.54) is 11.1 Å². The van der Waals surface area contributed by atoms with E-state index in [1.807, 2.05) is 19.9 Å². The van der Waals surface area contributed by atoms with Crippen LogP contribution in [0.15, 0.2) is 42.5 Å². The number of hydrogen-bond acceptors (Lipinski definition) is 2. The lowest BCUT2D eigenvalue weighted by molar-refractivity contribution is 0.306. The highest BCUT2D eigenvalue weighted by Crippen LogP contribution is 2.27. The first-order chi connectivity index (χ1) is 9.66. The zero-order valence-corrected chi connectivity index (χ0v) is 12.4. The molecule has 0 unspecified atom stereocenters. The molecule has 0 aliphatic rings. The van der Waals surface area contributed by atoms with Crippen molar-refractivity contribution in [2.75, 3.05) is 12.3 Å². The van der Waals surface area contributed by atoms with Crippen molar-refractivity contribution in [1.29, 1.82) is 0 Å². The van der Waals surface area contributed by atoms with Crippen molar-refractivity contribution >= 4 is 5.69 Å². The third kappa shape index (κ3) is 4.02. The summed E-state index contributed by atoms with van der Waals surface area (Å²) in [7, 11) is 0. The maximum absolute atomic E-state index is 6.00. The van der Waals surface area contributed by atoms with Crippen molar-refractivity contribution < 1.29 is 4.74 Å². The first kappa shape index (κ1) is 14.4. The van der Waals surface area contributed by atoms with Gasteiger partial charge in [0, 0.05) is 0 Å². The van der Waals surface area contributed by atoms with Crippen molar-refractivity contribution in [1.82, 2.24) is 0 Å². The predicted molar refractivity (Wildman–Crippen MR) is 85.2 cm³/mol. The highest BCUT2D eigenvalue weighted by atomic mass is 16.5. The van der Waals surface area contributed by atoms with E-state index >= 15 is 0 Å². The van der Waals surface area contributed by atoms with Gasteiger partial charge in [-0.3, -0.25) is 0 Å². The Balaban J connectivity index is 1.76. The van der Waals surface area contributed by atoms with E-state index in [-0.39, 0.29) is 0 Å². The molecule has 2 aromatic carbocycles. The molecule has 2 nitrogen and oxygen atoms in total. The fourth-order valence-electron chi connectivity index (χ4n) is 2.43. The van der Waals surface area contributed by atoms with Crippen LogP contribution in [0.3, 0.4) is 0 Å². The molecule has 2 rings (SSSR count). The van der Waals surface area contributed by atoms with Gasteiger partial charge in [-0.25, -0.2) is 0 Å². The van der Waals surface area contributed by atoms with Crippen LogP contribution >= 0.6 is 0 Å². The molecule has 2 N–H and O–H groups in total.